The molecule has 13 heavy (non-hydrogen) atoms. The van der Waals surface area contributed by atoms with Crippen LogP contribution < -0.4 is 4.52 Å². The fourth-order valence-electron chi connectivity index (χ4n) is 0.654. The molecule has 0 spiro atoms. The molecule has 1 N–H and O–H groups in total. The summed E-state index contributed by atoms with van der Waals surface area (Å²) in [4.78, 5) is 9.33. The SMILES string of the molecule is OP(Cl)(Oc1ccccc1Cl)=[S]Cl. The molecule has 0 saturated heterocycles. The predicted molar refractivity (Wildman–Crippen MR) is 60.3 cm³/mol. The minimum Gasteiger partial charge on any atom is -0.431 e. The van der Waals surface area contributed by atoms with Crippen LogP contribution in [0.4, 0.5) is 0 Å². The Hall–Kier alpha value is 0.500. The molecule has 0 bridgehead atoms. The second kappa shape index (κ2) is 4.83. The lowest BCUT2D eigenvalue weighted by Gasteiger charge is -2.11. The quantitative estimate of drug-likeness (QED) is 0.832. The van der Waals surface area contributed by atoms with Gasteiger partial charge in [0.15, 0.2) is 0 Å². The minimum atomic E-state index is -3.10. The maximum atomic E-state index is 9.33. The Bertz CT molecular complexity index is 351. The van der Waals surface area contributed by atoms with Crippen molar-refractivity contribution in [3.8, 4) is 5.75 Å². The van der Waals surface area contributed by atoms with Gasteiger partial charge in [-0.15, -0.1) is 0 Å². The molecule has 0 aliphatic rings. The molecule has 0 aliphatic carbocycles. The number of benzene rings is 1. The molecule has 1 atom stereocenters. The highest BCUT2D eigenvalue weighted by Crippen LogP contribution is 2.52. The summed E-state index contributed by atoms with van der Waals surface area (Å²) in [5.41, 5.74) is 0. The summed E-state index contributed by atoms with van der Waals surface area (Å²) in [5.74, 6) is -2.78. The third-order valence-corrected chi connectivity index (χ3v) is 5.92. The monoisotopic (exact) mass is 277 g/mol. The summed E-state index contributed by atoms with van der Waals surface area (Å²) in [6, 6.07) is 6.70. The number of hydrogen-bond acceptors (Lipinski definition) is 1. The van der Waals surface area contributed by atoms with Crippen molar-refractivity contribution in [3.63, 3.8) is 0 Å². The Kier molecular flexibility index (Phi) is 4.30. The van der Waals surface area contributed by atoms with Gasteiger partial charge in [0, 0.05) is 10.2 Å². The third-order valence-electron chi connectivity index (χ3n) is 1.13. The Morgan fingerprint density at radius 1 is 1.38 bits per heavy atom. The highest BCUT2D eigenvalue weighted by atomic mass is 35.8. The van der Waals surface area contributed by atoms with E-state index in [1.807, 2.05) is 0 Å². The Balaban J connectivity index is 2.93. The highest BCUT2D eigenvalue weighted by molar-refractivity contribution is 8.39. The molecule has 1 rings (SSSR count). The second-order valence-electron chi connectivity index (χ2n) is 2.04. The van der Waals surface area contributed by atoms with Gasteiger partial charge in [0.05, 0.1) is 5.02 Å². The predicted octanol–water partition coefficient (Wildman–Crippen LogP) is 3.86. The number of para-hydroxylation sites is 1. The molecule has 1 unspecified atom stereocenters. The maximum Gasteiger partial charge on any atom is 0.331 e. The lowest BCUT2D eigenvalue weighted by Crippen LogP contribution is -1.86. The molecule has 2 nitrogen and oxygen atoms in total. The number of hydrogen-bond donors (Lipinski definition) is 1. The first-order chi connectivity index (χ1) is 6.05. The van der Waals surface area contributed by atoms with E-state index in [0.29, 0.717) is 20.9 Å². The molecule has 0 heterocycles. The van der Waals surface area contributed by atoms with Gasteiger partial charge < -0.3 is 9.42 Å². The summed E-state index contributed by atoms with van der Waals surface area (Å²) in [6.45, 7) is 0. The Morgan fingerprint density at radius 2 is 2.00 bits per heavy atom. The van der Waals surface area contributed by atoms with Crippen LogP contribution in [0.5, 0.6) is 5.75 Å². The van der Waals surface area contributed by atoms with Gasteiger partial charge in [0.2, 0.25) is 0 Å². The zero-order valence-corrected chi connectivity index (χ0v) is 10.1. The van der Waals surface area contributed by atoms with E-state index >= 15 is 0 Å². The van der Waals surface area contributed by atoms with Crippen LogP contribution in [0.1, 0.15) is 0 Å². The van der Waals surface area contributed by atoms with Gasteiger partial charge in [-0.05, 0) is 34.1 Å². The van der Waals surface area contributed by atoms with Crippen molar-refractivity contribution in [2.24, 2.45) is 0 Å². The highest BCUT2D eigenvalue weighted by Gasteiger charge is 2.14. The van der Waals surface area contributed by atoms with E-state index < -0.39 is 5.84 Å². The lowest BCUT2D eigenvalue weighted by molar-refractivity contribution is 0.503. The fraction of sp³-hybridized carbons (Fsp3) is 0. The third kappa shape index (κ3) is 3.62. The van der Waals surface area contributed by atoms with Crippen LogP contribution in [-0.2, 0) is 10.2 Å². The van der Waals surface area contributed by atoms with E-state index in [4.69, 9.17) is 38.0 Å². The Morgan fingerprint density at radius 3 is 2.54 bits per heavy atom. The summed E-state index contributed by atoms with van der Waals surface area (Å²) < 4.78 is 5.01. The van der Waals surface area contributed by atoms with Crippen LogP contribution in [0, 0.1) is 0 Å². The molecular weight excluding hydrogens is 273 g/mol. The van der Waals surface area contributed by atoms with Crippen LogP contribution in [0.15, 0.2) is 24.3 Å². The first-order valence-corrected chi connectivity index (χ1v) is 8.30. The van der Waals surface area contributed by atoms with Crippen molar-refractivity contribution in [2.75, 3.05) is 0 Å². The van der Waals surface area contributed by atoms with Gasteiger partial charge in [-0.25, -0.2) is 0 Å². The van der Waals surface area contributed by atoms with Crippen LogP contribution in [0.2, 0.25) is 5.02 Å². The number of rotatable bonds is 2. The van der Waals surface area contributed by atoms with E-state index in [9.17, 15) is 4.89 Å². The van der Waals surface area contributed by atoms with Crippen molar-refractivity contribution >= 4 is 49.5 Å². The standard InChI is InChI=1S/C6H5Cl3O2PS/c7-5-3-1-2-4-6(5)11-12(8,10)13-9/h1-4,10H. The van der Waals surface area contributed by atoms with Crippen molar-refractivity contribution in [1.82, 2.24) is 0 Å². The molecular formula is C6H5Cl3O2PS. The van der Waals surface area contributed by atoms with Gasteiger partial charge in [-0.1, -0.05) is 23.7 Å². The zero-order chi connectivity index (χ0) is 9.90. The maximum absolute atomic E-state index is 9.33. The first kappa shape index (κ1) is 11.6. The number of halogens is 3. The van der Waals surface area contributed by atoms with E-state index in [1.54, 1.807) is 24.3 Å². The molecule has 0 aromatic heterocycles. The second-order valence-corrected chi connectivity index (χ2v) is 8.79. The van der Waals surface area contributed by atoms with Crippen LogP contribution in [0.25, 0.3) is 0 Å². The van der Waals surface area contributed by atoms with E-state index in [0.717, 1.165) is 0 Å². The molecule has 1 aromatic rings. The minimum absolute atomic E-state index is 0.322. The van der Waals surface area contributed by atoms with Gasteiger partial charge in [0.1, 0.15) is 5.75 Å². The van der Waals surface area contributed by atoms with E-state index in [-0.39, 0.29) is 0 Å². The molecule has 0 saturated carbocycles. The molecule has 7 heteroatoms. The molecule has 0 amide bonds. The largest absolute Gasteiger partial charge is 0.431 e. The average molecular weight is 279 g/mol. The Labute approximate surface area is 93.8 Å². The summed E-state index contributed by atoms with van der Waals surface area (Å²) in [7, 11) is 5.87. The van der Waals surface area contributed by atoms with Crippen molar-refractivity contribution in [2.45, 2.75) is 0 Å². The van der Waals surface area contributed by atoms with Crippen molar-refractivity contribution in [1.29, 1.82) is 0 Å². The molecule has 73 valence electrons. The van der Waals surface area contributed by atoms with Crippen molar-refractivity contribution in [3.05, 3.63) is 29.3 Å². The molecule has 1 radical (unpaired) electrons. The van der Waals surface area contributed by atoms with Crippen LogP contribution in [-0.4, -0.2) is 4.89 Å². The van der Waals surface area contributed by atoms with Crippen molar-refractivity contribution < 1.29 is 9.42 Å². The van der Waals surface area contributed by atoms with E-state index in [2.05, 4.69) is 0 Å². The summed E-state index contributed by atoms with van der Waals surface area (Å²) in [5, 5.41) is 0.382. The fourth-order valence-corrected chi connectivity index (χ4v) is 2.11. The van der Waals surface area contributed by atoms with E-state index in [1.165, 1.54) is 0 Å². The topological polar surface area (TPSA) is 29.5 Å². The molecule has 0 fully saturated rings. The van der Waals surface area contributed by atoms with Crippen LogP contribution >= 0.6 is 39.4 Å². The summed E-state index contributed by atoms with van der Waals surface area (Å²) >= 11 is 11.3. The van der Waals surface area contributed by atoms with Gasteiger partial charge in [-0.3, -0.25) is 0 Å². The first-order valence-electron chi connectivity index (χ1n) is 3.11. The van der Waals surface area contributed by atoms with Crippen LogP contribution in [0.3, 0.4) is 0 Å². The molecule has 1 aromatic carbocycles. The van der Waals surface area contributed by atoms with Gasteiger partial charge >= 0.3 is 5.84 Å². The molecule has 0 aliphatic heterocycles. The summed E-state index contributed by atoms with van der Waals surface area (Å²) in [6.07, 6.45) is 0. The lowest BCUT2D eigenvalue weighted by atomic mass is 10.3. The normalized spacial score (nSPS) is 14.8. The zero-order valence-electron chi connectivity index (χ0n) is 6.15. The smallest absolute Gasteiger partial charge is 0.331 e. The van der Waals surface area contributed by atoms with Gasteiger partial charge in [0.25, 0.3) is 0 Å². The van der Waals surface area contributed by atoms with Gasteiger partial charge in [-0.2, -0.15) is 0 Å². The average Bonchev–Trinajstić information content (AvgIpc) is 2.09.